The van der Waals surface area contributed by atoms with Crippen molar-refractivity contribution in [2.75, 3.05) is 7.11 Å². The monoisotopic (exact) mass is 273 g/mol. The third kappa shape index (κ3) is 1.69. The molecule has 0 radical (unpaired) electrons. The zero-order valence-corrected chi connectivity index (χ0v) is 10.6. The number of hydrogen-bond acceptors (Lipinski definition) is 5. The first-order valence-electron chi connectivity index (χ1n) is 5.82. The fraction of sp³-hybridized carbons (Fsp3) is 0.167. The Morgan fingerprint density at radius 3 is 3.00 bits per heavy atom. The van der Waals surface area contributed by atoms with E-state index in [4.69, 9.17) is 5.73 Å². The number of primary amides is 1. The molecular formula is C12H11N5O3. The van der Waals surface area contributed by atoms with Gasteiger partial charge in [-0.3, -0.25) is 0 Å². The van der Waals surface area contributed by atoms with Crippen molar-refractivity contribution >= 4 is 17.6 Å². The second-order valence-corrected chi connectivity index (χ2v) is 4.21. The van der Waals surface area contributed by atoms with E-state index in [0.29, 0.717) is 12.0 Å². The largest absolute Gasteiger partial charge is 0.464 e. The lowest BCUT2D eigenvalue weighted by Crippen LogP contribution is -2.20. The number of allylic oxidation sites excluding steroid dienone is 1. The first kappa shape index (κ1) is 12.2. The number of imidazole rings is 1. The topological polar surface area (TPSA) is 116 Å². The van der Waals surface area contributed by atoms with Crippen molar-refractivity contribution in [3.8, 4) is 0 Å². The van der Waals surface area contributed by atoms with Crippen LogP contribution in [0.4, 0.5) is 4.79 Å². The number of aromatic amines is 1. The van der Waals surface area contributed by atoms with Crippen molar-refractivity contribution in [1.29, 1.82) is 0 Å². The molecule has 2 aromatic heterocycles. The van der Waals surface area contributed by atoms with Gasteiger partial charge in [0.25, 0.3) is 0 Å². The molecule has 0 spiro atoms. The lowest BCUT2D eigenvalue weighted by Gasteiger charge is -2.01. The summed E-state index contributed by atoms with van der Waals surface area (Å²) in [5.74, 6) is -0.631. The van der Waals surface area contributed by atoms with Crippen molar-refractivity contribution in [2.45, 2.75) is 6.42 Å². The molecule has 1 aliphatic carbocycles. The Morgan fingerprint density at radius 2 is 2.30 bits per heavy atom. The predicted octanol–water partition coefficient (Wildman–Crippen LogP) is 0.307. The maximum atomic E-state index is 11.8. The second kappa shape index (κ2) is 4.34. The summed E-state index contributed by atoms with van der Waals surface area (Å²) in [5.41, 5.74) is 8.14. The van der Waals surface area contributed by atoms with Crippen molar-refractivity contribution < 1.29 is 14.3 Å². The van der Waals surface area contributed by atoms with Crippen LogP contribution < -0.4 is 5.73 Å². The number of H-pyrrole nitrogens is 1. The van der Waals surface area contributed by atoms with E-state index in [1.54, 1.807) is 6.33 Å². The zero-order chi connectivity index (χ0) is 14.3. The van der Waals surface area contributed by atoms with Crippen LogP contribution in [-0.2, 0) is 11.2 Å². The molecule has 0 fully saturated rings. The molecule has 2 aromatic rings. The third-order valence-electron chi connectivity index (χ3n) is 3.10. The Hall–Kier alpha value is -2.90. The van der Waals surface area contributed by atoms with Gasteiger partial charge in [0, 0.05) is 23.8 Å². The van der Waals surface area contributed by atoms with Gasteiger partial charge in [0.05, 0.1) is 24.8 Å². The number of carbonyl (C=O) groups excluding carboxylic acids is 2. The number of amides is 1. The highest BCUT2D eigenvalue weighted by atomic mass is 16.5. The van der Waals surface area contributed by atoms with Crippen LogP contribution in [0.2, 0.25) is 0 Å². The Balaban J connectivity index is 2.14. The quantitative estimate of drug-likeness (QED) is 0.764. The minimum Gasteiger partial charge on any atom is -0.464 e. The summed E-state index contributed by atoms with van der Waals surface area (Å²) < 4.78 is 5.59. The average molecular weight is 273 g/mol. The summed E-state index contributed by atoms with van der Waals surface area (Å²) in [4.78, 5) is 30.2. The first-order valence-corrected chi connectivity index (χ1v) is 5.82. The molecule has 0 bridgehead atoms. The highest BCUT2D eigenvalue weighted by molar-refractivity contribution is 5.97. The highest BCUT2D eigenvalue weighted by Crippen LogP contribution is 2.32. The summed E-state index contributed by atoms with van der Waals surface area (Å²) >= 11 is 0. The van der Waals surface area contributed by atoms with E-state index in [1.807, 2.05) is 6.08 Å². The Labute approximate surface area is 113 Å². The van der Waals surface area contributed by atoms with Gasteiger partial charge in [-0.25, -0.2) is 14.6 Å². The van der Waals surface area contributed by atoms with Crippen LogP contribution in [0.5, 0.6) is 0 Å². The number of rotatable bonds is 2. The van der Waals surface area contributed by atoms with Crippen molar-refractivity contribution in [2.24, 2.45) is 5.73 Å². The van der Waals surface area contributed by atoms with Gasteiger partial charge >= 0.3 is 12.0 Å². The molecule has 1 aliphatic rings. The summed E-state index contributed by atoms with van der Waals surface area (Å²) in [6.45, 7) is 0. The van der Waals surface area contributed by atoms with Crippen LogP contribution in [0, 0.1) is 0 Å². The number of fused-ring (bicyclic) bond motifs is 1. The Morgan fingerprint density at radius 1 is 1.50 bits per heavy atom. The summed E-state index contributed by atoms with van der Waals surface area (Å²) in [7, 11) is 1.25. The van der Waals surface area contributed by atoms with Crippen LogP contribution in [-0.4, -0.2) is 38.9 Å². The molecule has 2 heterocycles. The molecule has 3 rings (SSSR count). The number of esters is 1. The van der Waals surface area contributed by atoms with Gasteiger partial charge in [-0.2, -0.15) is 9.78 Å². The molecule has 0 unspecified atom stereocenters. The predicted molar refractivity (Wildman–Crippen MR) is 67.9 cm³/mol. The van der Waals surface area contributed by atoms with E-state index in [1.165, 1.54) is 13.3 Å². The number of hydrogen-bond donors (Lipinski definition) is 2. The van der Waals surface area contributed by atoms with Crippen LogP contribution in [0.1, 0.15) is 27.4 Å². The number of carbonyl (C=O) groups is 2. The first-order chi connectivity index (χ1) is 9.61. The smallest absolute Gasteiger partial charge is 0.359 e. The molecule has 0 atom stereocenters. The molecular weight excluding hydrogens is 262 g/mol. The van der Waals surface area contributed by atoms with Crippen molar-refractivity contribution in [3.05, 3.63) is 41.2 Å². The van der Waals surface area contributed by atoms with Gasteiger partial charge in [0.1, 0.15) is 0 Å². The highest BCUT2D eigenvalue weighted by Gasteiger charge is 2.26. The summed E-state index contributed by atoms with van der Waals surface area (Å²) in [5, 5.41) is 3.87. The number of nitrogens with zero attached hydrogens (tertiary/aromatic N) is 3. The molecule has 0 aliphatic heterocycles. The molecule has 0 saturated carbocycles. The van der Waals surface area contributed by atoms with E-state index < -0.39 is 12.0 Å². The van der Waals surface area contributed by atoms with Crippen molar-refractivity contribution in [1.82, 2.24) is 19.7 Å². The standard InChI is InChI=1S/C12H11N5O3/c1-20-11(18)10-7(4-17(16-10)12(13)19)6-2-3-8-9(6)15-5-14-8/h2,4-5H,3H2,1H3,(H2,13,19)(H,14,15). The van der Waals surface area contributed by atoms with E-state index >= 15 is 0 Å². The maximum Gasteiger partial charge on any atom is 0.359 e. The summed E-state index contributed by atoms with van der Waals surface area (Å²) in [6, 6.07) is -0.773. The second-order valence-electron chi connectivity index (χ2n) is 4.21. The SMILES string of the molecule is COC(=O)c1nn(C(N)=O)cc1C1=CCc2nc[nH]c21. The normalized spacial score (nSPS) is 12.9. The lowest BCUT2D eigenvalue weighted by atomic mass is 10.1. The molecule has 20 heavy (non-hydrogen) atoms. The van der Waals surface area contributed by atoms with Gasteiger partial charge in [-0.05, 0) is 0 Å². The Kier molecular flexibility index (Phi) is 2.63. The summed E-state index contributed by atoms with van der Waals surface area (Å²) in [6.07, 6.45) is 5.55. The van der Waals surface area contributed by atoms with Gasteiger partial charge in [-0.15, -0.1) is 0 Å². The fourth-order valence-electron chi connectivity index (χ4n) is 2.19. The lowest BCUT2D eigenvalue weighted by molar-refractivity contribution is 0.0593. The van der Waals surface area contributed by atoms with Crippen molar-refractivity contribution in [3.63, 3.8) is 0 Å². The van der Waals surface area contributed by atoms with Crippen LogP contribution >= 0.6 is 0 Å². The van der Waals surface area contributed by atoms with E-state index in [0.717, 1.165) is 21.6 Å². The van der Waals surface area contributed by atoms with Crippen LogP contribution in [0.25, 0.3) is 5.57 Å². The van der Waals surface area contributed by atoms with Gasteiger partial charge in [0.15, 0.2) is 5.69 Å². The molecule has 1 amide bonds. The number of methoxy groups -OCH3 is 1. The number of nitrogens with one attached hydrogen (secondary N) is 1. The maximum absolute atomic E-state index is 11.8. The van der Waals surface area contributed by atoms with Crippen LogP contribution in [0.3, 0.4) is 0 Å². The van der Waals surface area contributed by atoms with Crippen LogP contribution in [0.15, 0.2) is 18.6 Å². The number of ether oxygens (including phenoxy) is 1. The molecule has 3 N–H and O–H groups in total. The minimum atomic E-state index is -0.773. The molecule has 0 aromatic carbocycles. The van der Waals surface area contributed by atoms with Gasteiger partial charge in [-0.1, -0.05) is 6.08 Å². The Bertz CT molecular complexity index is 740. The molecule has 0 saturated heterocycles. The number of aromatic nitrogens is 4. The average Bonchev–Trinajstić information content (AvgIpc) is 3.11. The van der Waals surface area contributed by atoms with E-state index in [-0.39, 0.29) is 5.69 Å². The molecule has 8 nitrogen and oxygen atoms in total. The van der Waals surface area contributed by atoms with Gasteiger partial charge in [0.2, 0.25) is 0 Å². The number of nitrogens with two attached hydrogens (primary N) is 1. The van der Waals surface area contributed by atoms with E-state index in [2.05, 4.69) is 19.8 Å². The van der Waals surface area contributed by atoms with E-state index in [9.17, 15) is 9.59 Å². The molecule has 102 valence electrons. The molecule has 8 heteroatoms. The minimum absolute atomic E-state index is 0.0417. The third-order valence-corrected chi connectivity index (χ3v) is 3.10. The van der Waals surface area contributed by atoms with Gasteiger partial charge < -0.3 is 15.5 Å². The zero-order valence-electron chi connectivity index (χ0n) is 10.6. The fourth-order valence-corrected chi connectivity index (χ4v) is 2.19.